The maximum absolute atomic E-state index is 13.0. The zero-order chi connectivity index (χ0) is 29.8. The summed E-state index contributed by atoms with van der Waals surface area (Å²) in [4.78, 5) is 13.0. The number of rotatable bonds is 9. The van der Waals surface area contributed by atoms with E-state index in [0.717, 1.165) is 0 Å². The molecular formula is C26H32O15. The van der Waals surface area contributed by atoms with Gasteiger partial charge in [-0.25, -0.2) is 4.79 Å². The highest BCUT2D eigenvalue weighted by atomic mass is 16.8. The van der Waals surface area contributed by atoms with E-state index in [2.05, 4.69) is 0 Å². The first-order valence-electron chi connectivity index (χ1n) is 12.6. The van der Waals surface area contributed by atoms with E-state index in [4.69, 9.17) is 23.7 Å². The predicted molar refractivity (Wildman–Crippen MR) is 132 cm³/mol. The molecule has 15 heteroatoms. The normalized spacial score (nSPS) is 33.7. The Morgan fingerprint density at radius 2 is 1.34 bits per heavy atom. The number of hydrogen-bond acceptors (Lipinski definition) is 15. The molecule has 2 saturated heterocycles. The van der Waals surface area contributed by atoms with Gasteiger partial charge < -0.3 is 69.6 Å². The van der Waals surface area contributed by atoms with E-state index in [0.29, 0.717) is 0 Å². The molecular weight excluding hydrogens is 552 g/mol. The molecule has 0 unspecified atom stereocenters. The zero-order valence-electron chi connectivity index (χ0n) is 21.4. The molecule has 41 heavy (non-hydrogen) atoms. The highest BCUT2D eigenvalue weighted by Gasteiger charge is 2.51. The van der Waals surface area contributed by atoms with Crippen LogP contribution >= 0.6 is 0 Å². The lowest BCUT2D eigenvalue weighted by molar-refractivity contribution is -0.357. The summed E-state index contributed by atoms with van der Waals surface area (Å²) in [6.45, 7) is -1.90. The molecule has 2 heterocycles. The van der Waals surface area contributed by atoms with Gasteiger partial charge in [0.2, 0.25) is 6.29 Å². The van der Waals surface area contributed by atoms with Gasteiger partial charge in [-0.15, -0.1) is 0 Å². The van der Waals surface area contributed by atoms with Crippen LogP contribution in [-0.2, 0) is 25.6 Å². The first kappa shape index (κ1) is 30.9. The summed E-state index contributed by atoms with van der Waals surface area (Å²) in [6.07, 6.45) is -17.0. The number of aromatic hydroxyl groups is 2. The Hall–Kier alpha value is -3.09. The largest absolute Gasteiger partial charge is 0.508 e. The highest BCUT2D eigenvalue weighted by Crippen LogP contribution is 2.34. The number of para-hydroxylation sites is 1. The van der Waals surface area contributed by atoms with Crippen LogP contribution in [0.3, 0.4) is 0 Å². The molecule has 0 amide bonds. The summed E-state index contributed by atoms with van der Waals surface area (Å²) in [5.74, 6) is -2.09. The van der Waals surface area contributed by atoms with Crippen LogP contribution in [0, 0.1) is 0 Å². The summed E-state index contributed by atoms with van der Waals surface area (Å²) in [5, 5.41) is 91.2. The van der Waals surface area contributed by atoms with Gasteiger partial charge in [-0.2, -0.15) is 0 Å². The summed E-state index contributed by atoms with van der Waals surface area (Å²) in [6, 6.07) is 9.83. The lowest BCUT2D eigenvalue weighted by Crippen LogP contribution is -2.65. The summed E-state index contributed by atoms with van der Waals surface area (Å²) in [7, 11) is 0. The Morgan fingerprint density at radius 3 is 2.00 bits per heavy atom. The quantitative estimate of drug-likeness (QED) is 0.138. The van der Waals surface area contributed by atoms with Crippen molar-refractivity contribution in [2.45, 2.75) is 68.0 Å². The molecule has 10 atom stereocenters. The van der Waals surface area contributed by atoms with E-state index in [1.54, 1.807) is 12.1 Å². The van der Waals surface area contributed by atoms with Crippen LogP contribution in [0.2, 0.25) is 0 Å². The number of aliphatic hydroxyl groups is 7. The van der Waals surface area contributed by atoms with Crippen molar-refractivity contribution in [2.24, 2.45) is 0 Å². The SMILES string of the molecule is O=C(OCc1ccccc1O)c1c(O)cccc1O[C@@H]1O[C@H](CO)[C@@H](O)[C@H](O)[C@H]1O[C@@H]1O[C@H](CO)[C@@H](O)[C@H](O)[C@H]1O. The molecule has 0 spiro atoms. The van der Waals surface area contributed by atoms with Crippen molar-refractivity contribution >= 4 is 5.97 Å². The van der Waals surface area contributed by atoms with Gasteiger partial charge in [0.1, 0.15) is 72.1 Å². The van der Waals surface area contributed by atoms with E-state index in [1.807, 2.05) is 0 Å². The fourth-order valence-electron chi connectivity index (χ4n) is 4.43. The van der Waals surface area contributed by atoms with Crippen LogP contribution in [0.15, 0.2) is 42.5 Å². The van der Waals surface area contributed by atoms with E-state index < -0.39 is 91.9 Å². The highest BCUT2D eigenvalue weighted by molar-refractivity contribution is 5.95. The van der Waals surface area contributed by atoms with E-state index in [-0.39, 0.29) is 23.7 Å². The minimum atomic E-state index is -1.88. The number of benzene rings is 2. The van der Waals surface area contributed by atoms with E-state index in [9.17, 15) is 50.8 Å². The molecule has 0 saturated carbocycles. The smallest absolute Gasteiger partial charge is 0.346 e. The average Bonchev–Trinajstić information content (AvgIpc) is 2.96. The topological polar surface area (TPSA) is 245 Å². The van der Waals surface area contributed by atoms with Gasteiger partial charge in [0.15, 0.2) is 12.4 Å². The molecule has 2 fully saturated rings. The molecule has 2 aliphatic heterocycles. The predicted octanol–water partition coefficient (Wildman–Crippen LogP) is -2.54. The third-order valence-electron chi connectivity index (χ3n) is 6.77. The number of carbonyl (C=O) groups is 1. The van der Waals surface area contributed by atoms with Gasteiger partial charge >= 0.3 is 5.97 Å². The lowest BCUT2D eigenvalue weighted by atomic mass is 9.97. The van der Waals surface area contributed by atoms with Gasteiger partial charge in [-0.3, -0.25) is 0 Å². The number of phenolic OH excluding ortho intramolecular Hbond substituents is 2. The molecule has 2 aromatic carbocycles. The number of hydrogen-bond donors (Lipinski definition) is 9. The molecule has 226 valence electrons. The van der Waals surface area contributed by atoms with Gasteiger partial charge in [0, 0.05) is 5.56 Å². The maximum atomic E-state index is 13.0. The number of esters is 1. The Labute approximate surface area is 232 Å². The zero-order valence-corrected chi connectivity index (χ0v) is 21.4. The van der Waals surface area contributed by atoms with Crippen molar-refractivity contribution in [1.82, 2.24) is 0 Å². The molecule has 15 nitrogen and oxygen atoms in total. The minimum absolute atomic E-state index is 0.125. The number of phenols is 2. The second-order valence-corrected chi connectivity index (χ2v) is 9.48. The van der Waals surface area contributed by atoms with Crippen molar-refractivity contribution < 1.29 is 74.4 Å². The van der Waals surface area contributed by atoms with E-state index >= 15 is 0 Å². The van der Waals surface area contributed by atoms with Crippen LogP contribution in [-0.4, -0.2) is 127 Å². The van der Waals surface area contributed by atoms with Crippen molar-refractivity contribution in [3.8, 4) is 17.2 Å². The fraction of sp³-hybridized carbons (Fsp3) is 0.500. The Balaban J connectivity index is 1.59. The van der Waals surface area contributed by atoms with Gasteiger partial charge in [0.25, 0.3) is 0 Å². The van der Waals surface area contributed by atoms with Crippen molar-refractivity contribution in [2.75, 3.05) is 13.2 Å². The van der Waals surface area contributed by atoms with Crippen LogP contribution in [0.1, 0.15) is 15.9 Å². The third kappa shape index (κ3) is 6.54. The number of carbonyl (C=O) groups excluding carboxylic acids is 1. The van der Waals surface area contributed by atoms with Crippen LogP contribution in [0.25, 0.3) is 0 Å². The monoisotopic (exact) mass is 584 g/mol. The van der Waals surface area contributed by atoms with E-state index in [1.165, 1.54) is 30.3 Å². The van der Waals surface area contributed by atoms with Crippen molar-refractivity contribution in [3.63, 3.8) is 0 Å². The van der Waals surface area contributed by atoms with Crippen molar-refractivity contribution in [1.29, 1.82) is 0 Å². The maximum Gasteiger partial charge on any atom is 0.346 e. The second-order valence-electron chi connectivity index (χ2n) is 9.48. The molecule has 9 N–H and O–H groups in total. The van der Waals surface area contributed by atoms with Gasteiger partial charge in [-0.05, 0) is 18.2 Å². The number of ether oxygens (including phenoxy) is 5. The Bertz CT molecular complexity index is 1180. The molecule has 0 aromatic heterocycles. The average molecular weight is 585 g/mol. The van der Waals surface area contributed by atoms with Gasteiger partial charge in [-0.1, -0.05) is 24.3 Å². The second kappa shape index (κ2) is 13.3. The van der Waals surface area contributed by atoms with Crippen molar-refractivity contribution in [3.05, 3.63) is 53.6 Å². The molecule has 0 aliphatic carbocycles. The third-order valence-corrected chi connectivity index (χ3v) is 6.77. The minimum Gasteiger partial charge on any atom is -0.508 e. The Morgan fingerprint density at radius 1 is 0.732 bits per heavy atom. The van der Waals surface area contributed by atoms with Crippen LogP contribution in [0.5, 0.6) is 17.2 Å². The summed E-state index contributed by atoms with van der Waals surface area (Å²) < 4.78 is 27.5. The number of aliphatic hydroxyl groups excluding tert-OH is 7. The van der Waals surface area contributed by atoms with Crippen LogP contribution < -0.4 is 4.74 Å². The van der Waals surface area contributed by atoms with Gasteiger partial charge in [0.05, 0.1) is 13.2 Å². The molecule has 0 bridgehead atoms. The first-order chi connectivity index (χ1) is 19.6. The molecule has 0 radical (unpaired) electrons. The fourth-order valence-corrected chi connectivity index (χ4v) is 4.43. The summed E-state index contributed by atoms with van der Waals surface area (Å²) >= 11 is 0. The summed E-state index contributed by atoms with van der Waals surface area (Å²) in [5.41, 5.74) is -0.190. The first-order valence-corrected chi connectivity index (χ1v) is 12.6. The lowest BCUT2D eigenvalue weighted by Gasteiger charge is -2.45. The molecule has 4 rings (SSSR count). The Kier molecular flexibility index (Phi) is 9.98. The standard InChI is InChI=1S/C26H32O15/c27-8-15-18(31)20(33)22(35)25(39-15)41-23-21(34)19(32)16(9-28)40-26(23)38-14-7-3-6-13(30)17(14)24(36)37-10-11-4-1-2-5-12(11)29/h1-7,15-16,18-23,25-35H,8-10H2/t15-,16-,18-,19-,20+,21+,22-,23-,25+,26-/m1/s1. The molecule has 2 aliphatic rings. The molecule has 2 aromatic rings. The van der Waals surface area contributed by atoms with Crippen LogP contribution in [0.4, 0.5) is 0 Å².